The van der Waals surface area contributed by atoms with Crippen molar-refractivity contribution < 1.29 is 19.1 Å². The molecule has 5 nitrogen and oxygen atoms in total. The standard InChI is InChI=1S/C25H21NO4S/c1-29-20-13-19(14-21(15-20)30-2)26-24(27)22(18-11-7-4-8-12-18)23(25(26)28)31-16-17-9-5-3-6-10-17/h3-15H,16H2,1-2H3. The lowest BCUT2D eigenvalue weighted by atomic mass is 10.1. The van der Waals surface area contributed by atoms with Gasteiger partial charge in [-0.05, 0) is 11.1 Å². The van der Waals surface area contributed by atoms with Crippen molar-refractivity contribution in [2.24, 2.45) is 0 Å². The average molecular weight is 432 g/mol. The molecule has 0 saturated heterocycles. The van der Waals surface area contributed by atoms with E-state index in [1.54, 1.807) is 18.2 Å². The Bertz CT molecular complexity index is 1120. The Labute approximate surface area is 185 Å². The second-order valence-corrected chi connectivity index (χ2v) is 7.85. The first-order valence-electron chi connectivity index (χ1n) is 9.70. The molecule has 2 amide bonds. The molecule has 1 aliphatic rings. The first kappa shape index (κ1) is 20.8. The molecule has 1 aliphatic heterocycles. The highest BCUT2D eigenvalue weighted by Gasteiger charge is 2.40. The summed E-state index contributed by atoms with van der Waals surface area (Å²) >= 11 is 1.38. The summed E-state index contributed by atoms with van der Waals surface area (Å²) in [4.78, 5) is 28.6. The van der Waals surface area contributed by atoms with E-state index in [-0.39, 0.29) is 11.8 Å². The van der Waals surface area contributed by atoms with Crippen molar-refractivity contribution in [3.05, 3.63) is 94.9 Å². The highest BCUT2D eigenvalue weighted by molar-refractivity contribution is 8.03. The van der Waals surface area contributed by atoms with Gasteiger partial charge in [-0.2, -0.15) is 0 Å². The van der Waals surface area contributed by atoms with E-state index in [1.165, 1.54) is 30.9 Å². The summed E-state index contributed by atoms with van der Waals surface area (Å²) in [5, 5.41) is 0. The molecule has 3 aromatic rings. The van der Waals surface area contributed by atoms with Gasteiger partial charge in [0.1, 0.15) is 11.5 Å². The molecule has 0 unspecified atom stereocenters. The number of benzene rings is 3. The number of nitrogens with zero attached hydrogens (tertiary/aromatic N) is 1. The van der Waals surface area contributed by atoms with E-state index >= 15 is 0 Å². The molecule has 0 radical (unpaired) electrons. The van der Waals surface area contributed by atoms with Crippen molar-refractivity contribution in [1.29, 1.82) is 0 Å². The third kappa shape index (κ3) is 4.20. The molecule has 1 heterocycles. The van der Waals surface area contributed by atoms with Crippen LogP contribution in [0, 0.1) is 0 Å². The van der Waals surface area contributed by atoms with Crippen LogP contribution in [0.5, 0.6) is 11.5 Å². The van der Waals surface area contributed by atoms with Gasteiger partial charge in [0.25, 0.3) is 11.8 Å². The predicted molar refractivity (Wildman–Crippen MR) is 123 cm³/mol. The fourth-order valence-electron chi connectivity index (χ4n) is 3.39. The van der Waals surface area contributed by atoms with Crippen LogP contribution in [0.25, 0.3) is 5.57 Å². The maximum atomic E-state index is 13.5. The fourth-order valence-corrected chi connectivity index (χ4v) is 4.46. The molecule has 31 heavy (non-hydrogen) atoms. The molecule has 0 bridgehead atoms. The number of ether oxygens (including phenoxy) is 2. The number of carbonyl (C=O) groups is 2. The number of hydrogen-bond acceptors (Lipinski definition) is 5. The first-order chi connectivity index (χ1) is 15.1. The molecule has 4 rings (SSSR count). The number of hydrogen-bond donors (Lipinski definition) is 0. The number of methoxy groups -OCH3 is 2. The highest BCUT2D eigenvalue weighted by Crippen LogP contribution is 2.41. The Balaban J connectivity index is 1.75. The minimum Gasteiger partial charge on any atom is -0.497 e. The second kappa shape index (κ2) is 9.10. The van der Waals surface area contributed by atoms with Crippen LogP contribution in [-0.4, -0.2) is 26.0 Å². The van der Waals surface area contributed by atoms with E-state index in [9.17, 15) is 9.59 Å². The summed E-state index contributed by atoms with van der Waals surface area (Å²) in [5.74, 6) is 0.881. The molecular formula is C25H21NO4S. The summed E-state index contributed by atoms with van der Waals surface area (Å²) in [6.45, 7) is 0. The lowest BCUT2D eigenvalue weighted by Crippen LogP contribution is -2.31. The third-order valence-corrected chi connectivity index (χ3v) is 6.07. The Morgan fingerprint density at radius 1 is 0.774 bits per heavy atom. The molecule has 6 heteroatoms. The molecule has 3 aromatic carbocycles. The smallest absolute Gasteiger partial charge is 0.272 e. The van der Waals surface area contributed by atoms with Gasteiger partial charge in [-0.15, -0.1) is 11.8 Å². The van der Waals surface area contributed by atoms with E-state index in [4.69, 9.17) is 9.47 Å². The van der Waals surface area contributed by atoms with E-state index < -0.39 is 0 Å². The summed E-state index contributed by atoms with van der Waals surface area (Å²) in [5.41, 5.74) is 2.62. The number of amides is 2. The van der Waals surface area contributed by atoms with Gasteiger partial charge in [0, 0.05) is 24.0 Å². The highest BCUT2D eigenvalue weighted by atomic mass is 32.2. The van der Waals surface area contributed by atoms with Gasteiger partial charge < -0.3 is 9.47 Å². The molecular weight excluding hydrogens is 410 g/mol. The molecule has 0 saturated carbocycles. The van der Waals surface area contributed by atoms with Gasteiger partial charge in [-0.25, -0.2) is 4.90 Å². The second-order valence-electron chi connectivity index (χ2n) is 6.86. The van der Waals surface area contributed by atoms with Crippen LogP contribution in [-0.2, 0) is 15.3 Å². The van der Waals surface area contributed by atoms with E-state index in [1.807, 2.05) is 60.7 Å². The van der Waals surface area contributed by atoms with Crippen LogP contribution in [0.15, 0.2) is 83.8 Å². The maximum Gasteiger partial charge on any atom is 0.272 e. The monoisotopic (exact) mass is 431 g/mol. The SMILES string of the molecule is COc1cc(OC)cc(N2C(=O)C(SCc3ccccc3)=C(c3ccccc3)C2=O)c1. The molecule has 0 aromatic heterocycles. The van der Waals surface area contributed by atoms with Crippen molar-refractivity contribution in [2.75, 3.05) is 19.1 Å². The van der Waals surface area contributed by atoms with Gasteiger partial charge in [0.15, 0.2) is 0 Å². The molecule has 156 valence electrons. The number of imide groups is 1. The van der Waals surface area contributed by atoms with Crippen molar-refractivity contribution in [3.8, 4) is 11.5 Å². The van der Waals surface area contributed by atoms with Crippen LogP contribution in [0.3, 0.4) is 0 Å². The third-order valence-electron chi connectivity index (χ3n) is 4.92. The molecule has 0 spiro atoms. The lowest BCUT2D eigenvalue weighted by molar-refractivity contribution is -0.119. The largest absolute Gasteiger partial charge is 0.497 e. The molecule has 0 aliphatic carbocycles. The number of rotatable bonds is 7. The lowest BCUT2D eigenvalue weighted by Gasteiger charge is -2.17. The topological polar surface area (TPSA) is 55.8 Å². The van der Waals surface area contributed by atoms with E-state index in [0.717, 1.165) is 5.56 Å². The Kier molecular flexibility index (Phi) is 6.09. The normalized spacial score (nSPS) is 13.7. The molecule has 0 N–H and O–H groups in total. The van der Waals surface area contributed by atoms with Crippen molar-refractivity contribution in [2.45, 2.75) is 5.75 Å². The van der Waals surface area contributed by atoms with E-state index in [2.05, 4.69) is 0 Å². The van der Waals surface area contributed by atoms with Crippen LogP contribution >= 0.6 is 11.8 Å². The quantitative estimate of drug-likeness (QED) is 0.497. The van der Waals surface area contributed by atoms with Crippen LogP contribution in [0.4, 0.5) is 5.69 Å². The zero-order valence-corrected chi connectivity index (χ0v) is 18.0. The Morgan fingerprint density at radius 3 is 1.94 bits per heavy atom. The van der Waals surface area contributed by atoms with Crippen LogP contribution in [0.2, 0.25) is 0 Å². The van der Waals surface area contributed by atoms with Gasteiger partial charge >= 0.3 is 0 Å². The predicted octanol–water partition coefficient (Wildman–Crippen LogP) is 4.92. The zero-order chi connectivity index (χ0) is 21.8. The van der Waals surface area contributed by atoms with Gasteiger partial charge in [-0.3, -0.25) is 9.59 Å². The van der Waals surface area contributed by atoms with Crippen LogP contribution in [0.1, 0.15) is 11.1 Å². The number of carbonyl (C=O) groups excluding carboxylic acids is 2. The molecule has 0 atom stereocenters. The van der Waals surface area contributed by atoms with Crippen LogP contribution < -0.4 is 14.4 Å². The number of anilines is 1. The summed E-state index contributed by atoms with van der Waals surface area (Å²) in [6.07, 6.45) is 0. The summed E-state index contributed by atoms with van der Waals surface area (Å²) in [6, 6.07) is 24.2. The summed E-state index contributed by atoms with van der Waals surface area (Å²) in [7, 11) is 3.06. The minimum absolute atomic E-state index is 0.347. The van der Waals surface area contributed by atoms with Crippen molar-refractivity contribution in [3.63, 3.8) is 0 Å². The Hall–Kier alpha value is -3.51. The maximum absolute atomic E-state index is 13.5. The van der Waals surface area contributed by atoms with Crippen molar-refractivity contribution >= 4 is 34.8 Å². The Morgan fingerprint density at radius 2 is 1.35 bits per heavy atom. The van der Waals surface area contributed by atoms with Crippen molar-refractivity contribution in [1.82, 2.24) is 0 Å². The average Bonchev–Trinajstić information content (AvgIpc) is 3.07. The first-order valence-corrected chi connectivity index (χ1v) is 10.7. The van der Waals surface area contributed by atoms with Gasteiger partial charge in [0.2, 0.25) is 0 Å². The fraction of sp³-hybridized carbons (Fsp3) is 0.120. The van der Waals surface area contributed by atoms with E-state index in [0.29, 0.717) is 39.0 Å². The minimum atomic E-state index is -0.359. The van der Waals surface area contributed by atoms with Gasteiger partial charge in [0.05, 0.1) is 30.4 Å². The summed E-state index contributed by atoms with van der Waals surface area (Å²) < 4.78 is 10.6. The van der Waals surface area contributed by atoms with Gasteiger partial charge in [-0.1, -0.05) is 60.7 Å². The number of thioether (sulfide) groups is 1. The molecule has 0 fully saturated rings. The zero-order valence-electron chi connectivity index (χ0n) is 17.2.